The van der Waals surface area contributed by atoms with E-state index in [-0.39, 0.29) is 12.6 Å². The Morgan fingerprint density at radius 2 is 1.89 bits per heavy atom. The SMILES string of the molecule is CC(Cc1cccc(Cl)c1)NC[C@H](O)COc1ccc(N(C)S(C)(=O)=O)cc1. The largest absolute Gasteiger partial charge is 0.491 e. The number of hydrogen-bond acceptors (Lipinski definition) is 5. The van der Waals surface area contributed by atoms with Crippen molar-refractivity contribution in [2.75, 3.05) is 30.8 Å². The van der Waals surface area contributed by atoms with E-state index in [2.05, 4.69) is 5.32 Å². The first-order valence-electron chi connectivity index (χ1n) is 8.98. The number of benzene rings is 2. The number of anilines is 1. The summed E-state index contributed by atoms with van der Waals surface area (Å²) in [5, 5.41) is 14.1. The maximum absolute atomic E-state index is 11.5. The Morgan fingerprint density at radius 1 is 1.21 bits per heavy atom. The topological polar surface area (TPSA) is 78.9 Å². The van der Waals surface area contributed by atoms with E-state index in [4.69, 9.17) is 16.3 Å². The molecule has 0 saturated heterocycles. The van der Waals surface area contributed by atoms with Crippen molar-refractivity contribution >= 4 is 27.3 Å². The zero-order valence-electron chi connectivity index (χ0n) is 16.3. The van der Waals surface area contributed by atoms with Crippen molar-refractivity contribution in [3.05, 3.63) is 59.1 Å². The lowest BCUT2D eigenvalue weighted by Crippen LogP contribution is -2.37. The summed E-state index contributed by atoms with van der Waals surface area (Å²) in [5.41, 5.74) is 1.68. The van der Waals surface area contributed by atoms with E-state index < -0.39 is 16.1 Å². The molecule has 0 heterocycles. The van der Waals surface area contributed by atoms with Crippen LogP contribution in [0.15, 0.2) is 48.5 Å². The first kappa shape index (κ1) is 22.5. The van der Waals surface area contributed by atoms with Crippen molar-refractivity contribution in [3.63, 3.8) is 0 Å². The Labute approximate surface area is 172 Å². The van der Waals surface area contributed by atoms with Gasteiger partial charge >= 0.3 is 0 Å². The molecule has 0 aliphatic carbocycles. The highest BCUT2D eigenvalue weighted by Crippen LogP contribution is 2.20. The molecule has 0 radical (unpaired) electrons. The Kier molecular flexibility index (Phi) is 8.12. The van der Waals surface area contributed by atoms with Crippen LogP contribution >= 0.6 is 11.6 Å². The second-order valence-electron chi connectivity index (χ2n) is 6.83. The lowest BCUT2D eigenvalue weighted by atomic mass is 10.1. The van der Waals surface area contributed by atoms with Gasteiger partial charge in [0.25, 0.3) is 0 Å². The van der Waals surface area contributed by atoms with Crippen molar-refractivity contribution in [2.24, 2.45) is 0 Å². The van der Waals surface area contributed by atoms with Crippen molar-refractivity contribution in [1.29, 1.82) is 0 Å². The van der Waals surface area contributed by atoms with Crippen LogP contribution in [-0.2, 0) is 16.4 Å². The van der Waals surface area contributed by atoms with Crippen molar-refractivity contribution in [1.82, 2.24) is 5.32 Å². The minimum Gasteiger partial charge on any atom is -0.491 e. The molecule has 6 nitrogen and oxygen atoms in total. The lowest BCUT2D eigenvalue weighted by molar-refractivity contribution is 0.104. The molecule has 2 aromatic rings. The van der Waals surface area contributed by atoms with Gasteiger partial charge in [0.2, 0.25) is 10.0 Å². The molecule has 0 amide bonds. The summed E-state index contributed by atoms with van der Waals surface area (Å²) in [6, 6.07) is 14.6. The Balaban J connectivity index is 1.75. The number of halogens is 1. The summed E-state index contributed by atoms with van der Waals surface area (Å²) in [5.74, 6) is 0.566. The molecule has 0 aliphatic heterocycles. The maximum atomic E-state index is 11.5. The fourth-order valence-electron chi connectivity index (χ4n) is 2.62. The number of aliphatic hydroxyl groups excluding tert-OH is 1. The second kappa shape index (κ2) is 10.1. The van der Waals surface area contributed by atoms with Crippen LogP contribution in [0.5, 0.6) is 5.75 Å². The van der Waals surface area contributed by atoms with Crippen molar-refractivity contribution < 1.29 is 18.3 Å². The van der Waals surface area contributed by atoms with Crippen molar-refractivity contribution in [2.45, 2.75) is 25.5 Å². The zero-order valence-corrected chi connectivity index (χ0v) is 17.9. The Bertz CT molecular complexity index is 859. The van der Waals surface area contributed by atoms with Crippen LogP contribution in [0.25, 0.3) is 0 Å². The average Bonchev–Trinajstić information content (AvgIpc) is 2.64. The highest BCUT2D eigenvalue weighted by Gasteiger charge is 2.12. The van der Waals surface area contributed by atoms with E-state index in [9.17, 15) is 13.5 Å². The minimum atomic E-state index is -3.30. The molecule has 2 rings (SSSR count). The molecule has 2 N–H and O–H groups in total. The molecule has 0 spiro atoms. The predicted molar refractivity (Wildman–Crippen MR) is 114 cm³/mol. The molecule has 0 bridgehead atoms. The number of rotatable bonds is 10. The quantitative estimate of drug-likeness (QED) is 0.610. The first-order valence-corrected chi connectivity index (χ1v) is 11.2. The zero-order chi connectivity index (χ0) is 20.7. The summed E-state index contributed by atoms with van der Waals surface area (Å²) >= 11 is 6.00. The molecule has 1 unspecified atom stereocenters. The monoisotopic (exact) mass is 426 g/mol. The Morgan fingerprint density at radius 3 is 2.50 bits per heavy atom. The minimum absolute atomic E-state index is 0.137. The van der Waals surface area contributed by atoms with E-state index in [1.165, 1.54) is 11.4 Å². The van der Waals surface area contributed by atoms with Crippen LogP contribution < -0.4 is 14.4 Å². The van der Waals surface area contributed by atoms with Gasteiger partial charge in [0.15, 0.2) is 0 Å². The van der Waals surface area contributed by atoms with Gasteiger partial charge in [0.05, 0.1) is 11.9 Å². The summed E-state index contributed by atoms with van der Waals surface area (Å²) < 4.78 is 29.8. The molecular formula is C20H27ClN2O4S. The molecule has 154 valence electrons. The van der Waals surface area contributed by atoms with Gasteiger partial charge in [-0.1, -0.05) is 23.7 Å². The summed E-state index contributed by atoms with van der Waals surface area (Å²) in [7, 11) is -1.81. The van der Waals surface area contributed by atoms with E-state index in [1.54, 1.807) is 24.3 Å². The fourth-order valence-corrected chi connectivity index (χ4v) is 3.34. The van der Waals surface area contributed by atoms with Crippen LogP contribution in [0.2, 0.25) is 5.02 Å². The van der Waals surface area contributed by atoms with E-state index >= 15 is 0 Å². The molecular weight excluding hydrogens is 400 g/mol. The summed E-state index contributed by atoms with van der Waals surface area (Å²) in [6.07, 6.45) is 1.29. The molecule has 0 aromatic heterocycles. The molecule has 0 fully saturated rings. The number of nitrogens with zero attached hydrogens (tertiary/aromatic N) is 1. The number of hydrogen-bond donors (Lipinski definition) is 2. The normalized spacial score (nSPS) is 13.8. The van der Waals surface area contributed by atoms with Gasteiger partial charge in [-0.05, 0) is 55.3 Å². The first-order chi connectivity index (χ1) is 13.1. The highest BCUT2D eigenvalue weighted by atomic mass is 35.5. The summed E-state index contributed by atoms with van der Waals surface area (Å²) in [4.78, 5) is 0. The van der Waals surface area contributed by atoms with Crippen LogP contribution in [0.3, 0.4) is 0 Å². The average molecular weight is 427 g/mol. The molecule has 0 saturated carbocycles. The summed E-state index contributed by atoms with van der Waals surface area (Å²) in [6.45, 7) is 2.58. The van der Waals surface area contributed by atoms with Gasteiger partial charge < -0.3 is 15.2 Å². The van der Waals surface area contributed by atoms with Gasteiger partial charge in [-0.2, -0.15) is 0 Å². The predicted octanol–water partition coefficient (Wildman–Crippen LogP) is 2.70. The number of nitrogens with one attached hydrogen (secondary N) is 1. The third-order valence-electron chi connectivity index (χ3n) is 4.27. The maximum Gasteiger partial charge on any atom is 0.231 e. The van der Waals surface area contributed by atoms with E-state index in [0.29, 0.717) is 23.0 Å². The molecule has 28 heavy (non-hydrogen) atoms. The molecule has 2 atom stereocenters. The van der Waals surface area contributed by atoms with Crippen LogP contribution in [-0.4, -0.2) is 52.1 Å². The smallest absolute Gasteiger partial charge is 0.231 e. The van der Waals surface area contributed by atoms with Gasteiger partial charge in [0.1, 0.15) is 18.5 Å². The Hall–Kier alpha value is -1.80. The number of sulfonamides is 1. The van der Waals surface area contributed by atoms with E-state index in [0.717, 1.165) is 18.2 Å². The van der Waals surface area contributed by atoms with Crippen LogP contribution in [0.1, 0.15) is 12.5 Å². The number of ether oxygens (including phenoxy) is 1. The van der Waals surface area contributed by atoms with Crippen molar-refractivity contribution in [3.8, 4) is 5.75 Å². The molecule has 0 aliphatic rings. The highest BCUT2D eigenvalue weighted by molar-refractivity contribution is 7.92. The van der Waals surface area contributed by atoms with Crippen LogP contribution in [0, 0.1) is 0 Å². The molecule has 2 aromatic carbocycles. The van der Waals surface area contributed by atoms with Crippen LogP contribution in [0.4, 0.5) is 5.69 Å². The number of aliphatic hydroxyl groups is 1. The third kappa shape index (κ3) is 7.31. The standard InChI is InChI=1S/C20H27ClN2O4S/c1-15(11-16-5-4-6-17(21)12-16)22-13-19(24)14-27-20-9-7-18(8-10-20)23(2)28(3,25)26/h4-10,12,15,19,22,24H,11,13-14H2,1-3H3/t15?,19-/m0/s1. The molecule has 8 heteroatoms. The van der Waals surface area contributed by atoms with Gasteiger partial charge in [0, 0.05) is 24.7 Å². The van der Waals surface area contributed by atoms with E-state index in [1.807, 2.05) is 31.2 Å². The fraction of sp³-hybridized carbons (Fsp3) is 0.400. The lowest BCUT2D eigenvalue weighted by Gasteiger charge is -2.19. The van der Waals surface area contributed by atoms with Gasteiger partial charge in [-0.25, -0.2) is 8.42 Å². The third-order valence-corrected chi connectivity index (χ3v) is 5.71. The van der Waals surface area contributed by atoms with Gasteiger partial charge in [-0.15, -0.1) is 0 Å². The van der Waals surface area contributed by atoms with Gasteiger partial charge in [-0.3, -0.25) is 4.31 Å². The second-order valence-corrected chi connectivity index (χ2v) is 9.28.